The number of halogens is 1. The van der Waals surface area contributed by atoms with Gasteiger partial charge in [0.25, 0.3) is 5.91 Å². The molecule has 0 bridgehead atoms. The molecule has 0 spiro atoms. The average Bonchev–Trinajstić information content (AvgIpc) is 3.48. The number of nitrogens with one attached hydrogen (secondary N) is 4. The molecule has 14 heteroatoms. The Hall–Kier alpha value is -4.70. The molecule has 40 heavy (non-hydrogen) atoms. The van der Waals surface area contributed by atoms with E-state index in [-0.39, 0.29) is 35.3 Å². The zero-order valence-corrected chi connectivity index (χ0v) is 22.7. The van der Waals surface area contributed by atoms with Crippen LogP contribution in [0.5, 0.6) is 0 Å². The fourth-order valence-electron chi connectivity index (χ4n) is 4.66. The monoisotopic (exact) mass is 561 g/mol. The topological polar surface area (TPSA) is 167 Å². The average molecular weight is 562 g/mol. The normalized spacial score (nSPS) is 16.8. The number of aromatic nitrogens is 6. The van der Waals surface area contributed by atoms with Gasteiger partial charge in [-0.2, -0.15) is 10.4 Å². The highest BCUT2D eigenvalue weighted by molar-refractivity contribution is 6.29. The summed E-state index contributed by atoms with van der Waals surface area (Å²) in [5.74, 6) is 0.533. The van der Waals surface area contributed by atoms with E-state index in [2.05, 4.69) is 36.3 Å². The number of rotatable bonds is 8. The Balaban J connectivity index is 1.40. The van der Waals surface area contributed by atoms with Gasteiger partial charge < -0.3 is 21.3 Å². The molecule has 0 saturated heterocycles. The van der Waals surface area contributed by atoms with E-state index >= 15 is 0 Å². The molecule has 0 aromatic carbocycles. The number of carbonyl (C=O) groups is 2. The van der Waals surface area contributed by atoms with E-state index in [1.807, 2.05) is 32.2 Å². The Morgan fingerprint density at radius 1 is 1.10 bits per heavy atom. The Morgan fingerprint density at radius 3 is 2.58 bits per heavy atom. The number of nitriles is 1. The highest BCUT2D eigenvalue weighted by Crippen LogP contribution is 2.27. The summed E-state index contributed by atoms with van der Waals surface area (Å²) >= 11 is 5.97. The van der Waals surface area contributed by atoms with Crippen LogP contribution >= 0.6 is 11.6 Å². The lowest BCUT2D eigenvalue weighted by atomic mass is 9.91. The summed E-state index contributed by atoms with van der Waals surface area (Å²) in [6.07, 6.45) is 6.01. The summed E-state index contributed by atoms with van der Waals surface area (Å²) in [4.78, 5) is 33.4. The van der Waals surface area contributed by atoms with Gasteiger partial charge in [-0.15, -0.1) is 5.10 Å². The van der Waals surface area contributed by atoms with Crippen LogP contribution in [0.1, 0.15) is 48.3 Å². The molecule has 206 valence electrons. The molecule has 1 fully saturated rings. The first-order valence-corrected chi connectivity index (χ1v) is 13.2. The van der Waals surface area contributed by atoms with Crippen molar-refractivity contribution < 1.29 is 9.59 Å². The maximum Gasteiger partial charge on any atom is 0.276 e. The lowest BCUT2D eigenvalue weighted by Crippen LogP contribution is -2.40. The maximum absolute atomic E-state index is 13.2. The summed E-state index contributed by atoms with van der Waals surface area (Å²) in [7, 11) is 1.86. The molecule has 1 aliphatic carbocycles. The first-order chi connectivity index (χ1) is 19.3. The van der Waals surface area contributed by atoms with Crippen LogP contribution in [-0.4, -0.2) is 53.3 Å². The van der Waals surface area contributed by atoms with E-state index in [1.54, 1.807) is 16.8 Å². The number of anilines is 4. The Bertz CT molecular complexity index is 1580. The van der Waals surface area contributed by atoms with E-state index < -0.39 is 5.91 Å². The predicted molar refractivity (Wildman–Crippen MR) is 149 cm³/mol. The zero-order chi connectivity index (χ0) is 28.2. The molecule has 0 aliphatic heterocycles. The van der Waals surface area contributed by atoms with Gasteiger partial charge in [0.1, 0.15) is 17.4 Å². The molecule has 0 radical (unpaired) electrons. The molecule has 2 amide bonds. The molecule has 1 aliphatic rings. The molecule has 4 N–H and O–H groups in total. The minimum Gasteiger partial charge on any atom is -0.366 e. The molecule has 1 saturated carbocycles. The number of pyridine rings is 1. The van der Waals surface area contributed by atoms with Crippen LogP contribution in [0.3, 0.4) is 0 Å². The zero-order valence-electron chi connectivity index (χ0n) is 22.0. The number of nitrogens with zero attached hydrogens (tertiary/aromatic N) is 7. The Kier molecular flexibility index (Phi) is 7.79. The van der Waals surface area contributed by atoms with E-state index in [1.165, 1.54) is 16.9 Å². The van der Waals surface area contributed by atoms with Gasteiger partial charge in [0, 0.05) is 48.8 Å². The number of aryl methyl sites for hydroxylation is 2. The SMILES string of the molecule is Cc1cc(Nc2cc(NC3CCC(NC(=O)CC#N)CC3)nn3c(C(=O)Nc4ccnc(Cl)c4)cnc23)nn1C. The van der Waals surface area contributed by atoms with Crippen LogP contribution in [0.4, 0.5) is 23.0 Å². The number of hydrogen-bond donors (Lipinski definition) is 4. The first kappa shape index (κ1) is 26.9. The summed E-state index contributed by atoms with van der Waals surface area (Å²) < 4.78 is 3.25. The molecule has 0 unspecified atom stereocenters. The first-order valence-electron chi connectivity index (χ1n) is 12.8. The highest BCUT2D eigenvalue weighted by atomic mass is 35.5. The van der Waals surface area contributed by atoms with E-state index in [9.17, 15) is 9.59 Å². The summed E-state index contributed by atoms with van der Waals surface area (Å²) in [5, 5.41) is 30.7. The number of hydrogen-bond acceptors (Lipinski definition) is 9. The van der Waals surface area contributed by atoms with Crippen molar-refractivity contribution in [2.75, 3.05) is 16.0 Å². The van der Waals surface area contributed by atoms with Gasteiger partial charge in [-0.05, 0) is 44.7 Å². The molecular formula is C26H28ClN11O2. The van der Waals surface area contributed by atoms with Crippen molar-refractivity contribution >= 4 is 52.1 Å². The number of amides is 2. The highest BCUT2D eigenvalue weighted by Gasteiger charge is 2.24. The van der Waals surface area contributed by atoms with Gasteiger partial charge in [-0.3, -0.25) is 14.3 Å². The second kappa shape index (κ2) is 11.6. The van der Waals surface area contributed by atoms with Crippen LogP contribution in [0.15, 0.2) is 36.7 Å². The van der Waals surface area contributed by atoms with Crippen LogP contribution in [0.25, 0.3) is 5.65 Å². The summed E-state index contributed by atoms with van der Waals surface area (Å²) in [5.41, 5.74) is 2.78. The predicted octanol–water partition coefficient (Wildman–Crippen LogP) is 3.57. The van der Waals surface area contributed by atoms with Crippen LogP contribution in [0, 0.1) is 18.3 Å². The second-order valence-electron chi connectivity index (χ2n) is 9.66. The van der Waals surface area contributed by atoms with Gasteiger partial charge in [0.15, 0.2) is 17.2 Å². The van der Waals surface area contributed by atoms with Gasteiger partial charge in [-0.25, -0.2) is 14.5 Å². The largest absolute Gasteiger partial charge is 0.366 e. The Labute approximate surface area is 234 Å². The molecule has 0 atom stereocenters. The lowest BCUT2D eigenvalue weighted by Gasteiger charge is -2.30. The third-order valence-corrected chi connectivity index (χ3v) is 6.95. The minimum atomic E-state index is -0.410. The van der Waals surface area contributed by atoms with Gasteiger partial charge in [-0.1, -0.05) is 11.6 Å². The summed E-state index contributed by atoms with van der Waals surface area (Å²) in [6.45, 7) is 1.95. The quantitative estimate of drug-likeness (QED) is 0.235. The third kappa shape index (κ3) is 6.13. The molecular weight excluding hydrogens is 534 g/mol. The van der Waals surface area contributed by atoms with Crippen LogP contribution in [0.2, 0.25) is 5.15 Å². The maximum atomic E-state index is 13.2. The molecule has 13 nitrogen and oxygen atoms in total. The standard InChI is InChI=1S/C26H28ClN11O2/c1-15-11-22(35-37(15)2)34-19-13-23(31-16-3-5-17(6-4-16)32-24(39)7-9-28)36-38-20(14-30-25(19)38)26(40)33-18-8-10-29-21(27)12-18/h8,10-14,16-17H,3-7H2,1-2H3,(H,31,36)(H,32,39)(H,34,35)(H,29,33,40). The molecule has 5 rings (SSSR count). The van der Waals surface area contributed by atoms with Gasteiger partial charge in [0.2, 0.25) is 5.91 Å². The Morgan fingerprint density at radius 2 is 1.88 bits per heavy atom. The second-order valence-corrected chi connectivity index (χ2v) is 10.0. The minimum absolute atomic E-state index is 0.0459. The van der Waals surface area contributed by atoms with Crippen LogP contribution in [-0.2, 0) is 11.8 Å². The number of fused-ring (bicyclic) bond motifs is 1. The fourth-order valence-corrected chi connectivity index (χ4v) is 4.84. The number of carbonyl (C=O) groups excluding carboxylic acids is 2. The van der Waals surface area contributed by atoms with Crippen molar-refractivity contribution in [3.05, 3.63) is 53.2 Å². The van der Waals surface area contributed by atoms with Crippen molar-refractivity contribution in [1.82, 2.24) is 34.7 Å². The number of imidazole rings is 1. The fraction of sp³-hybridized carbons (Fsp3) is 0.346. The van der Waals surface area contributed by atoms with E-state index in [0.29, 0.717) is 28.7 Å². The van der Waals surface area contributed by atoms with Crippen molar-refractivity contribution in [2.45, 2.75) is 51.1 Å². The van der Waals surface area contributed by atoms with Gasteiger partial charge >= 0.3 is 0 Å². The lowest BCUT2D eigenvalue weighted by molar-refractivity contribution is -0.121. The third-order valence-electron chi connectivity index (χ3n) is 6.75. The smallest absolute Gasteiger partial charge is 0.276 e. The van der Waals surface area contributed by atoms with Gasteiger partial charge in [0.05, 0.1) is 18.0 Å². The molecule has 4 heterocycles. The molecule has 4 aromatic heterocycles. The van der Waals surface area contributed by atoms with Crippen molar-refractivity contribution in [3.63, 3.8) is 0 Å². The van der Waals surface area contributed by atoms with Crippen molar-refractivity contribution in [3.8, 4) is 6.07 Å². The van der Waals surface area contributed by atoms with E-state index in [4.69, 9.17) is 22.0 Å². The summed E-state index contributed by atoms with van der Waals surface area (Å²) in [6, 6.07) is 8.99. The van der Waals surface area contributed by atoms with Crippen LogP contribution < -0.4 is 21.3 Å². The van der Waals surface area contributed by atoms with Crippen molar-refractivity contribution in [2.24, 2.45) is 7.05 Å². The molecule has 4 aromatic rings. The van der Waals surface area contributed by atoms with Crippen molar-refractivity contribution in [1.29, 1.82) is 5.26 Å². The van der Waals surface area contributed by atoms with E-state index in [0.717, 1.165) is 31.4 Å².